The third-order valence-corrected chi connectivity index (χ3v) is 15.8. The highest BCUT2D eigenvalue weighted by molar-refractivity contribution is 6.11. The number of piperazine rings is 1. The van der Waals surface area contributed by atoms with Crippen LogP contribution in [0.25, 0.3) is 28.0 Å². The van der Waals surface area contributed by atoms with E-state index in [4.69, 9.17) is 23.7 Å². The van der Waals surface area contributed by atoms with Crippen LogP contribution in [-0.2, 0) is 11.1 Å². The van der Waals surface area contributed by atoms with Crippen LogP contribution in [0.4, 0.5) is 5.69 Å². The van der Waals surface area contributed by atoms with Crippen molar-refractivity contribution in [3.63, 3.8) is 0 Å². The zero-order chi connectivity index (χ0) is 49.6. The summed E-state index contributed by atoms with van der Waals surface area (Å²) < 4.78 is 31.0. The van der Waals surface area contributed by atoms with E-state index in [2.05, 4.69) is 116 Å². The Morgan fingerprint density at radius 3 is 2.01 bits per heavy atom. The van der Waals surface area contributed by atoms with E-state index < -0.39 is 23.1 Å². The number of hydrogen-bond acceptors (Lipinski definition) is 9. The SMILES string of the molecule is CCCC1CCC(c2ccc(OC(=O)c3ccc(OC(=O)c4cc5c6c(c7c(c5cc4OC)OC(c4ccccc4)(N4CCN(c5ccc(OC)cc5)CC4)C=C7)C(C)(C)c4ccccc4-6)cc3)cc2)CC1. The zero-order valence-electron chi connectivity index (χ0n) is 41.9. The van der Waals surface area contributed by atoms with E-state index in [-0.39, 0.29) is 11.3 Å². The van der Waals surface area contributed by atoms with Crippen molar-refractivity contribution in [2.75, 3.05) is 45.3 Å². The molecule has 1 saturated carbocycles. The smallest absolute Gasteiger partial charge is 0.347 e. The van der Waals surface area contributed by atoms with Gasteiger partial charge < -0.3 is 28.6 Å². The standard InChI is InChI=1S/C63H62N2O7/c1-6-12-41-17-19-42(20-18-41)43-21-27-48(28-22-43)70-60(66)44-23-29-49(30-24-44)71-61(67)54-39-52-53(40-56(54)69-5)59-51(58-57(52)50-15-10-11-16-55(50)62(58,2)3)33-34-63(72-59,45-13-8-7-9-14-45)65-37-35-64(36-38-65)46-25-31-47(68-4)32-26-46/h7-11,13-16,21-34,39-42H,6,12,17-20,35-38H2,1-5H3. The van der Waals surface area contributed by atoms with E-state index in [0.717, 1.165) is 87.9 Å². The highest BCUT2D eigenvalue weighted by Gasteiger charge is 2.47. The highest BCUT2D eigenvalue weighted by Crippen LogP contribution is 2.58. The molecule has 0 amide bonds. The predicted molar refractivity (Wildman–Crippen MR) is 285 cm³/mol. The Balaban J connectivity index is 0.893. The van der Waals surface area contributed by atoms with Gasteiger partial charge in [0.15, 0.2) is 0 Å². The van der Waals surface area contributed by atoms with Crippen molar-refractivity contribution < 1.29 is 33.3 Å². The van der Waals surface area contributed by atoms with Crippen molar-refractivity contribution in [3.8, 4) is 39.9 Å². The quantitative estimate of drug-likeness (QED) is 0.0878. The second-order valence-electron chi connectivity index (χ2n) is 20.3. The van der Waals surface area contributed by atoms with Gasteiger partial charge in [0.2, 0.25) is 5.72 Å². The third-order valence-electron chi connectivity index (χ3n) is 15.8. The normalized spacial score (nSPS) is 19.9. The van der Waals surface area contributed by atoms with Gasteiger partial charge in [-0.25, -0.2) is 9.59 Å². The average molecular weight is 959 g/mol. The maximum absolute atomic E-state index is 14.4. The molecule has 9 nitrogen and oxygen atoms in total. The predicted octanol–water partition coefficient (Wildman–Crippen LogP) is 13.8. The number of hydrogen-bond donors (Lipinski definition) is 0. The molecule has 1 unspecified atom stereocenters. The van der Waals surface area contributed by atoms with Crippen molar-refractivity contribution in [3.05, 3.63) is 185 Å². The first kappa shape index (κ1) is 47.0. The molecule has 0 bridgehead atoms. The number of methoxy groups -OCH3 is 2. The lowest BCUT2D eigenvalue weighted by atomic mass is 9.77. The molecular weight excluding hydrogens is 897 g/mol. The molecular formula is C63H62N2O7. The first-order chi connectivity index (χ1) is 35.1. The molecule has 2 aliphatic heterocycles. The van der Waals surface area contributed by atoms with E-state index >= 15 is 0 Å². The summed E-state index contributed by atoms with van der Waals surface area (Å²) in [5.41, 5.74) is 8.29. The molecule has 72 heavy (non-hydrogen) atoms. The topological polar surface area (TPSA) is 86.8 Å². The lowest BCUT2D eigenvalue weighted by molar-refractivity contribution is -0.0546. The maximum Gasteiger partial charge on any atom is 0.347 e. The number of nitrogens with zero attached hydrogens (tertiary/aromatic N) is 2. The summed E-state index contributed by atoms with van der Waals surface area (Å²) in [6, 6.07) is 45.5. The molecule has 4 aliphatic rings. The molecule has 1 atom stereocenters. The Bertz CT molecular complexity index is 3170. The summed E-state index contributed by atoms with van der Waals surface area (Å²) in [5.74, 6) is 3.03. The molecule has 366 valence electrons. The Morgan fingerprint density at radius 1 is 0.681 bits per heavy atom. The minimum absolute atomic E-state index is 0.269. The van der Waals surface area contributed by atoms with Crippen LogP contribution in [-0.4, -0.2) is 57.2 Å². The molecule has 11 rings (SSSR count). The van der Waals surface area contributed by atoms with Gasteiger partial charge in [-0.1, -0.05) is 100 Å². The number of benzene rings is 7. The molecule has 9 heteroatoms. The highest BCUT2D eigenvalue weighted by atomic mass is 16.5. The molecule has 7 aromatic carbocycles. The minimum atomic E-state index is -0.933. The van der Waals surface area contributed by atoms with Gasteiger partial charge >= 0.3 is 11.9 Å². The second kappa shape index (κ2) is 19.3. The monoisotopic (exact) mass is 958 g/mol. The van der Waals surface area contributed by atoms with Gasteiger partial charge in [0, 0.05) is 53.8 Å². The van der Waals surface area contributed by atoms with Gasteiger partial charge in [0.25, 0.3) is 0 Å². The number of anilines is 1. The fourth-order valence-electron chi connectivity index (χ4n) is 12.1. The Kier molecular flexibility index (Phi) is 12.6. The lowest BCUT2D eigenvalue weighted by Gasteiger charge is -2.48. The molecule has 0 spiro atoms. The molecule has 7 aromatic rings. The third kappa shape index (κ3) is 8.47. The van der Waals surface area contributed by atoms with Crippen LogP contribution in [0.1, 0.15) is 114 Å². The summed E-state index contributed by atoms with van der Waals surface area (Å²) in [7, 11) is 3.26. The van der Waals surface area contributed by atoms with Gasteiger partial charge in [-0.2, -0.15) is 0 Å². The summed E-state index contributed by atoms with van der Waals surface area (Å²) >= 11 is 0. The van der Waals surface area contributed by atoms with Crippen molar-refractivity contribution in [1.82, 2.24) is 4.90 Å². The molecule has 0 N–H and O–H groups in total. The van der Waals surface area contributed by atoms with Gasteiger partial charge in [-0.05, 0) is 156 Å². The fourth-order valence-corrected chi connectivity index (χ4v) is 12.1. The van der Waals surface area contributed by atoms with Crippen LogP contribution in [0.15, 0.2) is 146 Å². The van der Waals surface area contributed by atoms with Crippen LogP contribution >= 0.6 is 0 Å². The van der Waals surface area contributed by atoms with Crippen molar-refractivity contribution >= 4 is 34.5 Å². The summed E-state index contributed by atoms with van der Waals surface area (Å²) in [6.45, 7) is 9.90. The van der Waals surface area contributed by atoms with Crippen molar-refractivity contribution in [2.24, 2.45) is 5.92 Å². The maximum atomic E-state index is 14.4. The Hall–Kier alpha value is -7.36. The Morgan fingerprint density at radius 2 is 1.33 bits per heavy atom. The molecule has 0 radical (unpaired) electrons. The molecule has 2 heterocycles. The van der Waals surface area contributed by atoms with Gasteiger partial charge in [0.05, 0.1) is 19.8 Å². The number of ether oxygens (including phenoxy) is 5. The zero-order valence-corrected chi connectivity index (χ0v) is 41.9. The second-order valence-corrected chi connectivity index (χ2v) is 20.3. The molecule has 2 fully saturated rings. The number of rotatable bonds is 12. The van der Waals surface area contributed by atoms with Crippen LogP contribution in [0.5, 0.6) is 28.7 Å². The number of fused-ring (bicyclic) bond motifs is 8. The molecule has 1 saturated heterocycles. The van der Waals surface area contributed by atoms with Crippen LogP contribution in [0.2, 0.25) is 0 Å². The van der Waals surface area contributed by atoms with E-state index in [1.54, 1.807) is 38.5 Å². The average Bonchev–Trinajstić information content (AvgIpc) is 3.67. The number of esters is 2. The number of carbonyl (C=O) groups is 2. The van der Waals surface area contributed by atoms with E-state index in [1.165, 1.54) is 49.7 Å². The van der Waals surface area contributed by atoms with E-state index in [0.29, 0.717) is 23.0 Å². The number of carbonyl (C=O) groups excluding carboxylic acids is 2. The van der Waals surface area contributed by atoms with E-state index in [9.17, 15) is 9.59 Å². The first-order valence-corrected chi connectivity index (χ1v) is 25.6. The molecule has 2 aliphatic carbocycles. The van der Waals surface area contributed by atoms with Gasteiger partial charge in [-0.3, -0.25) is 4.90 Å². The summed E-state index contributed by atoms with van der Waals surface area (Å²) in [6.07, 6.45) is 12.1. The van der Waals surface area contributed by atoms with Crippen molar-refractivity contribution in [1.29, 1.82) is 0 Å². The largest absolute Gasteiger partial charge is 0.497 e. The van der Waals surface area contributed by atoms with Crippen molar-refractivity contribution in [2.45, 2.75) is 76.4 Å². The lowest BCUT2D eigenvalue weighted by Crippen LogP contribution is -2.58. The fraction of sp³-hybridized carbons (Fsp3) is 0.302. The first-order valence-electron chi connectivity index (χ1n) is 25.6. The summed E-state index contributed by atoms with van der Waals surface area (Å²) in [4.78, 5) is 32.6. The summed E-state index contributed by atoms with van der Waals surface area (Å²) in [5, 5.41) is 1.69. The molecule has 0 aromatic heterocycles. The van der Waals surface area contributed by atoms with Crippen LogP contribution < -0.4 is 28.6 Å². The van der Waals surface area contributed by atoms with Gasteiger partial charge in [-0.15, -0.1) is 0 Å². The van der Waals surface area contributed by atoms with E-state index in [1.807, 2.05) is 42.5 Å². The van der Waals surface area contributed by atoms with Crippen LogP contribution in [0, 0.1) is 5.92 Å². The van der Waals surface area contributed by atoms with Crippen LogP contribution in [0.3, 0.4) is 0 Å². The Labute approximate surface area is 422 Å². The van der Waals surface area contributed by atoms with Gasteiger partial charge in [0.1, 0.15) is 34.3 Å². The minimum Gasteiger partial charge on any atom is -0.497 e.